The van der Waals surface area contributed by atoms with Crippen LogP contribution in [0.15, 0.2) is 48.0 Å². The number of aliphatic hydroxyl groups excluding tert-OH is 1. The fourth-order valence-electron chi connectivity index (χ4n) is 4.93. The van der Waals surface area contributed by atoms with Crippen molar-refractivity contribution in [2.45, 2.75) is 58.0 Å². The van der Waals surface area contributed by atoms with Gasteiger partial charge < -0.3 is 14.7 Å². The van der Waals surface area contributed by atoms with Crippen LogP contribution >= 0.6 is 22.9 Å². The van der Waals surface area contributed by atoms with E-state index in [1.165, 1.54) is 0 Å². The summed E-state index contributed by atoms with van der Waals surface area (Å²) >= 11 is 8.30. The molecule has 1 aromatic carbocycles. The summed E-state index contributed by atoms with van der Waals surface area (Å²) in [7, 11) is 0. The molecular weight excluding hydrogens is 532 g/mol. The van der Waals surface area contributed by atoms with E-state index in [0.29, 0.717) is 36.5 Å². The third-order valence-electron chi connectivity index (χ3n) is 8.26. The summed E-state index contributed by atoms with van der Waals surface area (Å²) in [5.74, 6) is -0.107. The van der Waals surface area contributed by atoms with Gasteiger partial charge >= 0.3 is 5.97 Å². The Kier molecular flexibility index (Phi) is 8.13. The number of amides is 1. The van der Waals surface area contributed by atoms with Gasteiger partial charge in [-0.1, -0.05) is 38.4 Å². The van der Waals surface area contributed by atoms with Crippen LogP contribution in [-0.2, 0) is 14.9 Å². The first kappa shape index (κ1) is 27.8. The minimum absolute atomic E-state index is 0.0575. The van der Waals surface area contributed by atoms with E-state index in [-0.39, 0.29) is 41.8 Å². The van der Waals surface area contributed by atoms with Crippen molar-refractivity contribution < 1.29 is 19.4 Å². The number of carbonyl (C=O) groups is 2. The second-order valence-corrected chi connectivity index (χ2v) is 12.5. The smallest absolute Gasteiger partial charge is 0.309 e. The molecule has 2 aliphatic rings. The minimum atomic E-state index is -0.174. The van der Waals surface area contributed by atoms with Crippen molar-refractivity contribution >= 4 is 34.8 Å². The lowest BCUT2D eigenvalue weighted by Crippen LogP contribution is -2.42. The number of likely N-dealkylation sites (tertiary alicyclic amines) is 1. The van der Waals surface area contributed by atoms with Gasteiger partial charge in [-0.2, -0.15) is 0 Å². The highest BCUT2D eigenvalue weighted by atomic mass is 35.5. The number of benzene rings is 1. The predicted octanol–water partition coefficient (Wildman–Crippen LogP) is 6.59. The number of hydrogen-bond acceptors (Lipinski definition) is 6. The molecule has 0 spiro atoms. The second kappa shape index (κ2) is 11.4. The van der Waals surface area contributed by atoms with Gasteiger partial charge in [0.15, 0.2) is 0 Å². The highest BCUT2D eigenvalue weighted by Crippen LogP contribution is 2.47. The van der Waals surface area contributed by atoms with Crippen LogP contribution < -0.4 is 0 Å². The highest BCUT2D eigenvalue weighted by Gasteiger charge is 2.45. The molecule has 39 heavy (non-hydrogen) atoms. The molecule has 1 saturated carbocycles. The number of aliphatic hydroxyl groups is 1. The molecule has 3 heterocycles. The average molecular weight is 567 g/mol. The van der Waals surface area contributed by atoms with E-state index in [9.17, 15) is 14.7 Å². The number of esters is 1. The maximum Gasteiger partial charge on any atom is 0.309 e. The number of pyridine rings is 1. The number of carbonyl (C=O) groups excluding carboxylic acids is 2. The zero-order valence-corrected chi connectivity index (χ0v) is 24.2. The van der Waals surface area contributed by atoms with E-state index in [0.717, 1.165) is 40.1 Å². The SMILES string of the molecule is CC(C)C(C)C(=O)OC1CCN(C(=O)c2ccc(-c3cc(-c4ccnc(C5(CO)CC5)c4)cs3)c(Cl)c2)CC1. The van der Waals surface area contributed by atoms with Crippen LogP contribution in [0.1, 0.15) is 62.5 Å². The molecule has 5 rings (SSSR count). The van der Waals surface area contributed by atoms with Crippen LogP contribution in [0.5, 0.6) is 0 Å². The quantitative estimate of drug-likeness (QED) is 0.311. The molecule has 206 valence electrons. The second-order valence-electron chi connectivity index (χ2n) is 11.2. The highest BCUT2D eigenvalue weighted by molar-refractivity contribution is 7.14. The Morgan fingerprint density at radius 2 is 1.87 bits per heavy atom. The van der Waals surface area contributed by atoms with Gasteiger partial charge in [-0.25, -0.2) is 0 Å². The van der Waals surface area contributed by atoms with Crippen LogP contribution in [0.2, 0.25) is 5.02 Å². The molecule has 0 bridgehead atoms. The maximum atomic E-state index is 13.2. The van der Waals surface area contributed by atoms with Crippen molar-refractivity contribution in [2.75, 3.05) is 19.7 Å². The van der Waals surface area contributed by atoms with Crippen molar-refractivity contribution in [1.82, 2.24) is 9.88 Å². The number of piperidine rings is 1. The fraction of sp³-hybridized carbons (Fsp3) is 0.452. The van der Waals surface area contributed by atoms with Gasteiger partial charge in [0.25, 0.3) is 5.91 Å². The van der Waals surface area contributed by atoms with Crippen LogP contribution in [-0.4, -0.2) is 52.7 Å². The van der Waals surface area contributed by atoms with Crippen molar-refractivity contribution in [1.29, 1.82) is 0 Å². The van der Waals surface area contributed by atoms with Crippen LogP contribution in [0.4, 0.5) is 0 Å². The molecule has 6 nitrogen and oxygen atoms in total. The molecule has 3 aromatic rings. The lowest BCUT2D eigenvalue weighted by molar-refractivity contribution is -0.156. The summed E-state index contributed by atoms with van der Waals surface area (Å²) in [4.78, 5) is 32.8. The molecule has 1 unspecified atom stereocenters. The number of aromatic nitrogens is 1. The van der Waals surface area contributed by atoms with E-state index >= 15 is 0 Å². The molecule has 2 fully saturated rings. The Balaban J connectivity index is 1.23. The Hall–Kier alpha value is -2.74. The third kappa shape index (κ3) is 5.91. The van der Waals surface area contributed by atoms with E-state index in [1.807, 2.05) is 50.1 Å². The largest absolute Gasteiger partial charge is 0.462 e. The number of halogens is 1. The van der Waals surface area contributed by atoms with Gasteiger partial charge in [0.1, 0.15) is 6.10 Å². The van der Waals surface area contributed by atoms with Crippen LogP contribution in [0.25, 0.3) is 21.6 Å². The lowest BCUT2D eigenvalue weighted by atomic mass is 9.98. The number of ether oxygens (including phenoxy) is 1. The Labute approximate surface area is 239 Å². The monoisotopic (exact) mass is 566 g/mol. The van der Waals surface area contributed by atoms with Crippen molar-refractivity contribution in [3.8, 4) is 21.6 Å². The van der Waals surface area contributed by atoms with Gasteiger partial charge in [-0.15, -0.1) is 11.3 Å². The van der Waals surface area contributed by atoms with E-state index in [1.54, 1.807) is 17.4 Å². The molecule has 1 N–H and O–H groups in total. The summed E-state index contributed by atoms with van der Waals surface area (Å²) < 4.78 is 5.69. The van der Waals surface area contributed by atoms with Gasteiger partial charge in [0.05, 0.1) is 17.5 Å². The summed E-state index contributed by atoms with van der Waals surface area (Å²) in [6.07, 6.45) is 4.89. The Bertz CT molecular complexity index is 1360. The van der Waals surface area contributed by atoms with E-state index in [2.05, 4.69) is 22.5 Å². The Morgan fingerprint density at radius 1 is 1.13 bits per heavy atom. The third-order valence-corrected chi connectivity index (χ3v) is 9.53. The molecule has 2 aromatic heterocycles. The zero-order chi connectivity index (χ0) is 27.7. The first-order valence-electron chi connectivity index (χ1n) is 13.7. The van der Waals surface area contributed by atoms with Gasteiger partial charge in [-0.05, 0) is 65.6 Å². The van der Waals surface area contributed by atoms with E-state index < -0.39 is 0 Å². The molecule has 1 saturated heterocycles. The summed E-state index contributed by atoms with van der Waals surface area (Å²) in [5.41, 5.74) is 4.36. The first-order valence-corrected chi connectivity index (χ1v) is 14.9. The molecule has 1 aliphatic heterocycles. The van der Waals surface area contributed by atoms with Gasteiger partial charge in [-0.3, -0.25) is 14.6 Å². The van der Waals surface area contributed by atoms with Crippen molar-refractivity contribution in [3.63, 3.8) is 0 Å². The molecule has 1 aliphatic carbocycles. The normalized spacial score (nSPS) is 17.7. The number of hydrogen-bond donors (Lipinski definition) is 1. The van der Waals surface area contributed by atoms with E-state index in [4.69, 9.17) is 16.3 Å². The van der Waals surface area contributed by atoms with Gasteiger partial charge in [0.2, 0.25) is 0 Å². The molecule has 1 amide bonds. The molecule has 8 heteroatoms. The summed E-state index contributed by atoms with van der Waals surface area (Å²) in [6.45, 7) is 7.15. The van der Waals surface area contributed by atoms with Crippen molar-refractivity contribution in [2.24, 2.45) is 11.8 Å². The maximum absolute atomic E-state index is 13.2. The lowest BCUT2D eigenvalue weighted by Gasteiger charge is -2.32. The number of nitrogens with zero attached hydrogens (tertiary/aromatic N) is 2. The van der Waals surface area contributed by atoms with Crippen molar-refractivity contribution in [3.05, 3.63) is 64.3 Å². The standard InChI is InChI=1S/C31H35ClN2O4S/c1-19(2)20(3)30(37)38-24-7-12-34(13-8-24)29(36)22-4-5-25(26(32)14-22)27-15-23(17-39-27)21-6-11-33-28(16-21)31(18-35)9-10-31/h4-6,11,14-17,19-20,24,35H,7-10,12-13,18H2,1-3H3. The summed E-state index contributed by atoms with van der Waals surface area (Å²) in [6, 6.07) is 11.7. The number of rotatable bonds is 8. The fourth-order valence-corrected chi connectivity index (χ4v) is 6.22. The van der Waals surface area contributed by atoms with Crippen LogP contribution in [0.3, 0.4) is 0 Å². The van der Waals surface area contributed by atoms with Gasteiger partial charge in [0, 0.05) is 59.2 Å². The molecule has 1 atom stereocenters. The predicted molar refractivity (Wildman–Crippen MR) is 155 cm³/mol. The Morgan fingerprint density at radius 3 is 2.51 bits per heavy atom. The molecule has 0 radical (unpaired) electrons. The average Bonchev–Trinajstić information content (AvgIpc) is 3.61. The first-order chi connectivity index (χ1) is 18.7. The topological polar surface area (TPSA) is 79.7 Å². The molecular formula is C31H35ClN2O4S. The summed E-state index contributed by atoms with van der Waals surface area (Å²) in [5, 5.41) is 12.4. The van der Waals surface area contributed by atoms with Crippen LogP contribution in [0, 0.1) is 11.8 Å². The number of thiophene rings is 1. The minimum Gasteiger partial charge on any atom is -0.462 e. The zero-order valence-electron chi connectivity index (χ0n) is 22.7.